The molecular formula is C29H30N4O6S2. The summed E-state index contributed by atoms with van der Waals surface area (Å²) in [6.07, 6.45) is 3.50. The molecule has 10 nitrogen and oxygen atoms in total. The number of pyridine rings is 1. The number of ether oxygens (including phenoxy) is 1. The third kappa shape index (κ3) is 6.34. The molecule has 12 heteroatoms. The average molecular weight is 595 g/mol. The molecule has 0 aliphatic heterocycles. The molecule has 41 heavy (non-hydrogen) atoms. The summed E-state index contributed by atoms with van der Waals surface area (Å²) < 4.78 is 40.6. The lowest BCUT2D eigenvalue weighted by Crippen LogP contribution is -2.39. The number of aromatic nitrogens is 1. The second kappa shape index (κ2) is 11.9. The van der Waals surface area contributed by atoms with E-state index in [4.69, 9.17) is 9.15 Å². The van der Waals surface area contributed by atoms with Crippen LogP contribution in [0.2, 0.25) is 0 Å². The van der Waals surface area contributed by atoms with E-state index in [-0.39, 0.29) is 46.2 Å². The first kappa shape index (κ1) is 28.5. The number of amides is 2. The van der Waals surface area contributed by atoms with Gasteiger partial charge in [0.25, 0.3) is 11.8 Å². The van der Waals surface area contributed by atoms with Crippen LogP contribution in [0.5, 0.6) is 11.5 Å². The number of benzene rings is 1. The summed E-state index contributed by atoms with van der Waals surface area (Å²) in [6, 6.07) is 12.5. The number of hydrogen-bond donors (Lipinski definition) is 3. The van der Waals surface area contributed by atoms with Gasteiger partial charge >= 0.3 is 0 Å². The number of rotatable bonds is 9. The Balaban J connectivity index is 1.30. The molecule has 0 saturated carbocycles. The highest BCUT2D eigenvalue weighted by atomic mass is 32.2. The highest BCUT2D eigenvalue weighted by Gasteiger charge is 2.32. The monoisotopic (exact) mass is 594 g/mol. The molecule has 1 aliphatic carbocycles. The van der Waals surface area contributed by atoms with Gasteiger partial charge in [-0.1, -0.05) is 12.1 Å². The summed E-state index contributed by atoms with van der Waals surface area (Å²) in [7, 11) is -2.46. The lowest BCUT2D eigenvalue weighted by molar-refractivity contribution is 0.0927. The minimum Gasteiger partial charge on any atom is -0.464 e. The zero-order valence-electron chi connectivity index (χ0n) is 22.8. The number of nitrogens with one attached hydrogen (secondary N) is 3. The SMILES string of the molecule is CNC(=O)c1cc(Oc2ccc3c(c2)CC(NC(=O)c2c(C)oc(C)c2S(=O)(=O)NCc2cccs2)CC3)ccn1. The molecule has 1 aliphatic rings. The Morgan fingerprint density at radius 3 is 2.63 bits per heavy atom. The quantitative estimate of drug-likeness (QED) is 0.263. The fourth-order valence-corrected chi connectivity index (χ4v) is 7.09. The molecule has 0 radical (unpaired) electrons. The van der Waals surface area contributed by atoms with Crippen LogP contribution in [0.3, 0.4) is 0 Å². The van der Waals surface area contributed by atoms with Crippen LogP contribution < -0.4 is 20.1 Å². The summed E-state index contributed by atoms with van der Waals surface area (Å²) in [4.78, 5) is 30.1. The summed E-state index contributed by atoms with van der Waals surface area (Å²) in [6.45, 7) is 3.26. The van der Waals surface area contributed by atoms with Gasteiger partial charge in [0, 0.05) is 36.8 Å². The lowest BCUT2D eigenvalue weighted by atomic mass is 9.88. The van der Waals surface area contributed by atoms with Crippen molar-refractivity contribution in [1.82, 2.24) is 20.3 Å². The van der Waals surface area contributed by atoms with Crippen molar-refractivity contribution in [1.29, 1.82) is 0 Å². The molecule has 3 N–H and O–H groups in total. The summed E-state index contributed by atoms with van der Waals surface area (Å²) in [5.74, 6) is 0.685. The van der Waals surface area contributed by atoms with Gasteiger partial charge in [0.05, 0.1) is 0 Å². The van der Waals surface area contributed by atoms with E-state index in [0.717, 1.165) is 22.4 Å². The van der Waals surface area contributed by atoms with Crippen LogP contribution in [-0.4, -0.2) is 38.3 Å². The average Bonchev–Trinajstić information content (AvgIpc) is 3.58. The minimum absolute atomic E-state index is 0.0219. The van der Waals surface area contributed by atoms with Crippen molar-refractivity contribution in [2.75, 3.05) is 7.05 Å². The minimum atomic E-state index is -4.00. The second-order valence-electron chi connectivity index (χ2n) is 9.72. The first-order chi connectivity index (χ1) is 19.6. The van der Waals surface area contributed by atoms with E-state index >= 15 is 0 Å². The van der Waals surface area contributed by atoms with Crippen LogP contribution in [0.15, 0.2) is 63.4 Å². The Morgan fingerprint density at radius 1 is 1.07 bits per heavy atom. The van der Waals surface area contributed by atoms with Gasteiger partial charge < -0.3 is 19.8 Å². The zero-order valence-corrected chi connectivity index (χ0v) is 24.4. The van der Waals surface area contributed by atoms with Gasteiger partial charge in [-0.15, -0.1) is 11.3 Å². The molecule has 3 heterocycles. The molecule has 2 amide bonds. The highest BCUT2D eigenvalue weighted by Crippen LogP contribution is 2.30. The van der Waals surface area contributed by atoms with E-state index in [1.807, 2.05) is 35.7 Å². The molecule has 4 aromatic rings. The molecule has 0 bridgehead atoms. The Labute approximate surface area is 242 Å². The van der Waals surface area contributed by atoms with Crippen LogP contribution in [0.25, 0.3) is 0 Å². The van der Waals surface area contributed by atoms with Crippen LogP contribution in [0.1, 0.15) is 54.8 Å². The molecule has 1 aromatic carbocycles. The molecule has 214 valence electrons. The van der Waals surface area contributed by atoms with E-state index < -0.39 is 15.9 Å². The third-order valence-electron chi connectivity index (χ3n) is 6.89. The fraction of sp³-hybridized carbons (Fsp3) is 0.276. The van der Waals surface area contributed by atoms with Crippen molar-refractivity contribution >= 4 is 33.2 Å². The van der Waals surface area contributed by atoms with Gasteiger partial charge in [0.15, 0.2) is 0 Å². The molecule has 0 fully saturated rings. The molecule has 0 spiro atoms. The molecular weight excluding hydrogens is 564 g/mol. The number of fused-ring (bicyclic) bond motifs is 1. The van der Waals surface area contributed by atoms with E-state index in [0.29, 0.717) is 24.3 Å². The first-order valence-corrected chi connectivity index (χ1v) is 15.4. The van der Waals surface area contributed by atoms with Crippen LogP contribution in [-0.2, 0) is 29.4 Å². The van der Waals surface area contributed by atoms with Crippen LogP contribution in [0, 0.1) is 13.8 Å². The van der Waals surface area contributed by atoms with Gasteiger partial charge in [0.1, 0.15) is 39.2 Å². The van der Waals surface area contributed by atoms with Crippen LogP contribution in [0.4, 0.5) is 0 Å². The smallest absolute Gasteiger partial charge is 0.269 e. The van der Waals surface area contributed by atoms with Crippen molar-refractivity contribution < 1.29 is 27.2 Å². The number of carbonyl (C=O) groups is 2. The molecule has 5 rings (SSSR count). The number of aryl methyl sites for hydroxylation is 3. The van der Waals surface area contributed by atoms with Gasteiger partial charge in [-0.2, -0.15) is 0 Å². The Morgan fingerprint density at radius 2 is 1.88 bits per heavy atom. The summed E-state index contributed by atoms with van der Waals surface area (Å²) in [5, 5.41) is 7.44. The van der Waals surface area contributed by atoms with E-state index in [2.05, 4.69) is 20.3 Å². The lowest BCUT2D eigenvalue weighted by Gasteiger charge is -2.26. The number of sulfonamides is 1. The first-order valence-electron chi connectivity index (χ1n) is 13.1. The Kier molecular flexibility index (Phi) is 8.25. The predicted octanol–water partition coefficient (Wildman–Crippen LogP) is 4.27. The predicted molar refractivity (Wildman–Crippen MR) is 154 cm³/mol. The topological polar surface area (TPSA) is 140 Å². The number of nitrogens with zero attached hydrogens (tertiary/aromatic N) is 1. The van der Waals surface area contributed by atoms with Crippen molar-refractivity contribution in [2.24, 2.45) is 0 Å². The molecule has 3 aromatic heterocycles. The van der Waals surface area contributed by atoms with Crippen molar-refractivity contribution in [3.8, 4) is 11.5 Å². The maximum absolute atomic E-state index is 13.5. The number of furan rings is 1. The zero-order chi connectivity index (χ0) is 29.1. The number of carbonyl (C=O) groups excluding carboxylic acids is 2. The van der Waals surface area contributed by atoms with E-state index in [1.165, 1.54) is 24.6 Å². The molecule has 0 saturated heterocycles. The second-order valence-corrected chi connectivity index (χ2v) is 12.5. The maximum Gasteiger partial charge on any atom is 0.269 e. The van der Waals surface area contributed by atoms with Gasteiger partial charge in [0.2, 0.25) is 10.0 Å². The molecule has 1 atom stereocenters. The van der Waals surface area contributed by atoms with Gasteiger partial charge in [-0.25, -0.2) is 13.1 Å². The van der Waals surface area contributed by atoms with Crippen LogP contribution >= 0.6 is 11.3 Å². The normalized spacial score (nSPS) is 14.8. The van der Waals surface area contributed by atoms with E-state index in [1.54, 1.807) is 26.0 Å². The Hall–Kier alpha value is -4.00. The van der Waals surface area contributed by atoms with E-state index in [9.17, 15) is 18.0 Å². The van der Waals surface area contributed by atoms with Crippen molar-refractivity contribution in [3.05, 3.63) is 92.8 Å². The molecule has 1 unspecified atom stereocenters. The fourth-order valence-electron chi connectivity index (χ4n) is 4.94. The summed E-state index contributed by atoms with van der Waals surface area (Å²) in [5.41, 5.74) is 2.44. The largest absolute Gasteiger partial charge is 0.464 e. The van der Waals surface area contributed by atoms with Gasteiger partial charge in [-0.3, -0.25) is 14.6 Å². The third-order valence-corrected chi connectivity index (χ3v) is 9.32. The summed E-state index contributed by atoms with van der Waals surface area (Å²) >= 11 is 1.44. The van der Waals surface area contributed by atoms with Crippen molar-refractivity contribution in [2.45, 2.75) is 50.6 Å². The number of hydrogen-bond acceptors (Lipinski definition) is 8. The number of thiophene rings is 1. The standard InChI is InChI=1S/C29H30N4O6S2/c1-17-26(27(18(2)38-17)41(36,37)32-16-24-5-4-12-40-24)29(35)33-21-8-6-19-7-9-22(14-20(19)13-21)39-23-10-11-31-25(15-23)28(34)30-3/h4-5,7,9-12,14-15,21,32H,6,8,13,16H2,1-3H3,(H,30,34)(H,33,35). The Bertz CT molecular complexity index is 1700. The van der Waals surface area contributed by atoms with Gasteiger partial charge in [-0.05, 0) is 73.9 Å². The maximum atomic E-state index is 13.5. The highest BCUT2D eigenvalue weighted by molar-refractivity contribution is 7.89. The van der Waals surface area contributed by atoms with Crippen molar-refractivity contribution in [3.63, 3.8) is 0 Å².